The van der Waals surface area contributed by atoms with Gasteiger partial charge in [0.1, 0.15) is 5.75 Å². The molecule has 5 heteroatoms. The third-order valence-electron chi connectivity index (χ3n) is 4.66. The van der Waals surface area contributed by atoms with Crippen LogP contribution in [-0.2, 0) is 21.4 Å². The van der Waals surface area contributed by atoms with Crippen molar-refractivity contribution in [3.8, 4) is 5.75 Å². The van der Waals surface area contributed by atoms with Gasteiger partial charge in [-0.1, -0.05) is 30.3 Å². The number of rotatable bonds is 6. The van der Waals surface area contributed by atoms with Crippen LogP contribution in [0.4, 0.5) is 5.69 Å². The van der Waals surface area contributed by atoms with Crippen molar-refractivity contribution in [2.45, 2.75) is 24.7 Å². The summed E-state index contributed by atoms with van der Waals surface area (Å²) in [7, 11) is 3.24. The standard InChI is InChI=1S/C20H22N2O3/c1-21-18(23)13-14-7-9-15(10-8-14)22-19(24)20(11-12-20)16-5-3-4-6-17(16)25-2/h3-10H,11-13H2,1-2H3,(H,21,23)(H,22,24). The summed E-state index contributed by atoms with van der Waals surface area (Å²) >= 11 is 0. The van der Waals surface area contributed by atoms with Crippen LogP contribution < -0.4 is 15.4 Å². The zero-order chi connectivity index (χ0) is 17.9. The van der Waals surface area contributed by atoms with Gasteiger partial charge in [-0.15, -0.1) is 0 Å². The van der Waals surface area contributed by atoms with Crippen LogP contribution in [0.5, 0.6) is 5.75 Å². The van der Waals surface area contributed by atoms with E-state index in [0.29, 0.717) is 6.42 Å². The van der Waals surface area contributed by atoms with E-state index in [1.54, 1.807) is 14.2 Å². The molecule has 0 unspecified atom stereocenters. The molecule has 1 fully saturated rings. The fourth-order valence-corrected chi connectivity index (χ4v) is 3.01. The third-order valence-corrected chi connectivity index (χ3v) is 4.66. The van der Waals surface area contributed by atoms with Gasteiger partial charge in [0.25, 0.3) is 0 Å². The van der Waals surface area contributed by atoms with Gasteiger partial charge in [0.2, 0.25) is 11.8 Å². The van der Waals surface area contributed by atoms with E-state index in [4.69, 9.17) is 4.74 Å². The number of ether oxygens (including phenoxy) is 1. The highest BCUT2D eigenvalue weighted by Gasteiger charge is 2.52. The number of anilines is 1. The molecule has 0 aromatic heterocycles. The van der Waals surface area contributed by atoms with E-state index in [1.807, 2.05) is 48.5 Å². The third kappa shape index (κ3) is 3.50. The van der Waals surface area contributed by atoms with Gasteiger partial charge >= 0.3 is 0 Å². The Balaban J connectivity index is 1.73. The van der Waals surface area contributed by atoms with Crippen molar-refractivity contribution >= 4 is 17.5 Å². The summed E-state index contributed by atoms with van der Waals surface area (Å²) in [6.07, 6.45) is 1.96. The van der Waals surface area contributed by atoms with Gasteiger partial charge in [0.15, 0.2) is 0 Å². The summed E-state index contributed by atoms with van der Waals surface area (Å²) in [5.41, 5.74) is 2.06. The van der Waals surface area contributed by atoms with Gasteiger partial charge in [0, 0.05) is 18.3 Å². The van der Waals surface area contributed by atoms with E-state index in [-0.39, 0.29) is 11.8 Å². The van der Waals surface area contributed by atoms with Crippen LogP contribution in [0.3, 0.4) is 0 Å². The number of likely N-dealkylation sites (N-methyl/N-ethyl adjacent to an activating group) is 1. The number of hydrogen-bond donors (Lipinski definition) is 2. The Bertz CT molecular complexity index is 780. The molecule has 0 saturated heterocycles. The maximum Gasteiger partial charge on any atom is 0.235 e. The Hall–Kier alpha value is -2.82. The summed E-state index contributed by atoms with van der Waals surface area (Å²) in [6, 6.07) is 15.0. The second kappa shape index (κ2) is 6.97. The van der Waals surface area contributed by atoms with E-state index < -0.39 is 5.41 Å². The summed E-state index contributed by atoms with van der Waals surface area (Å²) in [6.45, 7) is 0. The fourth-order valence-electron chi connectivity index (χ4n) is 3.01. The Morgan fingerprint density at radius 2 is 1.76 bits per heavy atom. The number of methoxy groups -OCH3 is 1. The molecule has 0 heterocycles. The molecule has 0 atom stereocenters. The van der Waals surface area contributed by atoms with Crippen molar-refractivity contribution in [2.24, 2.45) is 0 Å². The molecule has 2 aromatic carbocycles. The number of amides is 2. The minimum absolute atomic E-state index is 0.0175. The monoisotopic (exact) mass is 338 g/mol. The molecular formula is C20H22N2O3. The first-order chi connectivity index (χ1) is 12.1. The number of hydrogen-bond acceptors (Lipinski definition) is 3. The van der Waals surface area contributed by atoms with E-state index >= 15 is 0 Å². The Morgan fingerprint density at radius 3 is 2.36 bits per heavy atom. The van der Waals surface area contributed by atoms with Gasteiger partial charge in [0.05, 0.1) is 18.9 Å². The second-order valence-corrected chi connectivity index (χ2v) is 6.28. The lowest BCUT2D eigenvalue weighted by Gasteiger charge is -2.18. The van der Waals surface area contributed by atoms with Crippen molar-refractivity contribution in [3.63, 3.8) is 0 Å². The fraction of sp³-hybridized carbons (Fsp3) is 0.300. The molecule has 0 spiro atoms. The van der Waals surface area contributed by atoms with Gasteiger partial charge < -0.3 is 15.4 Å². The van der Waals surface area contributed by atoms with E-state index in [2.05, 4.69) is 10.6 Å². The van der Waals surface area contributed by atoms with Crippen molar-refractivity contribution in [2.75, 3.05) is 19.5 Å². The first-order valence-electron chi connectivity index (χ1n) is 8.33. The maximum absolute atomic E-state index is 12.8. The van der Waals surface area contributed by atoms with E-state index in [9.17, 15) is 9.59 Å². The zero-order valence-electron chi connectivity index (χ0n) is 14.5. The Morgan fingerprint density at radius 1 is 1.08 bits per heavy atom. The van der Waals surface area contributed by atoms with Crippen molar-refractivity contribution in [3.05, 3.63) is 59.7 Å². The predicted octanol–water partition coefficient (Wildman–Crippen LogP) is 2.65. The topological polar surface area (TPSA) is 67.4 Å². The molecule has 0 radical (unpaired) electrons. The smallest absolute Gasteiger partial charge is 0.235 e. The van der Waals surface area contributed by atoms with Gasteiger partial charge in [-0.25, -0.2) is 0 Å². The quantitative estimate of drug-likeness (QED) is 0.851. The minimum atomic E-state index is -0.507. The molecule has 2 N–H and O–H groups in total. The van der Waals surface area contributed by atoms with Crippen molar-refractivity contribution in [1.82, 2.24) is 5.32 Å². The van der Waals surface area contributed by atoms with Crippen LogP contribution >= 0.6 is 0 Å². The second-order valence-electron chi connectivity index (χ2n) is 6.28. The molecule has 1 saturated carbocycles. The first-order valence-corrected chi connectivity index (χ1v) is 8.33. The molecule has 1 aliphatic carbocycles. The Kier molecular flexibility index (Phi) is 4.74. The molecule has 2 amide bonds. The predicted molar refractivity (Wildman–Crippen MR) is 96.7 cm³/mol. The van der Waals surface area contributed by atoms with Crippen LogP contribution in [0.2, 0.25) is 0 Å². The largest absolute Gasteiger partial charge is 0.496 e. The highest BCUT2D eigenvalue weighted by molar-refractivity contribution is 6.01. The molecule has 0 aliphatic heterocycles. The van der Waals surface area contributed by atoms with Crippen LogP contribution in [0.1, 0.15) is 24.0 Å². The lowest BCUT2D eigenvalue weighted by molar-refractivity contribution is -0.120. The summed E-state index contributed by atoms with van der Waals surface area (Å²) in [4.78, 5) is 24.3. The average molecular weight is 338 g/mol. The van der Waals surface area contributed by atoms with Gasteiger partial charge in [-0.2, -0.15) is 0 Å². The highest BCUT2D eigenvalue weighted by atomic mass is 16.5. The van der Waals surface area contributed by atoms with Crippen LogP contribution in [0, 0.1) is 0 Å². The molecule has 3 rings (SSSR count). The van der Waals surface area contributed by atoms with Crippen LogP contribution in [0.25, 0.3) is 0 Å². The van der Waals surface area contributed by atoms with E-state index in [1.165, 1.54) is 0 Å². The Labute approximate surface area is 147 Å². The van der Waals surface area contributed by atoms with Gasteiger partial charge in [-0.3, -0.25) is 9.59 Å². The molecule has 2 aromatic rings. The molecule has 130 valence electrons. The number of carbonyl (C=O) groups excluding carboxylic acids is 2. The van der Waals surface area contributed by atoms with Crippen LogP contribution in [0.15, 0.2) is 48.5 Å². The lowest BCUT2D eigenvalue weighted by Crippen LogP contribution is -2.28. The van der Waals surface area contributed by atoms with E-state index in [0.717, 1.165) is 35.4 Å². The highest BCUT2D eigenvalue weighted by Crippen LogP contribution is 2.51. The number of nitrogens with one attached hydrogen (secondary N) is 2. The summed E-state index contributed by atoms with van der Waals surface area (Å²) in [5, 5.41) is 5.59. The molecule has 5 nitrogen and oxygen atoms in total. The minimum Gasteiger partial charge on any atom is -0.496 e. The van der Waals surface area contributed by atoms with Gasteiger partial charge in [-0.05, 0) is 36.6 Å². The number of carbonyl (C=O) groups is 2. The number of benzene rings is 2. The molecule has 0 bridgehead atoms. The molecular weight excluding hydrogens is 316 g/mol. The SMILES string of the molecule is CNC(=O)Cc1ccc(NC(=O)C2(c3ccccc3OC)CC2)cc1. The van der Waals surface area contributed by atoms with Crippen molar-refractivity contribution < 1.29 is 14.3 Å². The normalized spacial score (nSPS) is 14.5. The number of para-hydroxylation sites is 1. The average Bonchev–Trinajstić information content (AvgIpc) is 3.45. The zero-order valence-corrected chi connectivity index (χ0v) is 14.5. The van der Waals surface area contributed by atoms with Crippen LogP contribution in [-0.4, -0.2) is 26.0 Å². The molecule has 1 aliphatic rings. The molecule has 25 heavy (non-hydrogen) atoms. The van der Waals surface area contributed by atoms with Crippen molar-refractivity contribution in [1.29, 1.82) is 0 Å². The maximum atomic E-state index is 12.8. The first kappa shape index (κ1) is 17.0. The summed E-state index contributed by atoms with van der Waals surface area (Å²) < 4.78 is 5.42. The summed E-state index contributed by atoms with van der Waals surface area (Å²) in [5.74, 6) is 0.692. The lowest BCUT2D eigenvalue weighted by atomic mass is 9.94.